The fourth-order valence-electron chi connectivity index (χ4n) is 2.34. The van der Waals surface area contributed by atoms with E-state index in [2.05, 4.69) is 31.4 Å². The molecule has 3 rings (SSSR count). The zero-order valence-electron chi connectivity index (χ0n) is 14.6. The molecule has 134 valence electrons. The molecule has 0 atom stereocenters. The lowest BCUT2D eigenvalue weighted by Crippen LogP contribution is -2.01. The van der Waals surface area contributed by atoms with Gasteiger partial charge in [-0.15, -0.1) is 11.3 Å². The molecule has 0 spiro atoms. The second-order valence-corrected chi connectivity index (χ2v) is 7.20. The van der Waals surface area contributed by atoms with Gasteiger partial charge < -0.3 is 9.47 Å². The lowest BCUT2D eigenvalue weighted by molar-refractivity contribution is 0.355. The van der Waals surface area contributed by atoms with E-state index in [1.54, 1.807) is 14.2 Å². The number of hydrogen-bond acceptors (Lipinski definition) is 6. The second-order valence-electron chi connectivity index (χ2n) is 5.42. The summed E-state index contributed by atoms with van der Waals surface area (Å²) < 4.78 is 11.6. The van der Waals surface area contributed by atoms with E-state index in [4.69, 9.17) is 9.47 Å². The number of thiazole rings is 1. The molecule has 0 aliphatic rings. The highest BCUT2D eigenvalue weighted by molar-refractivity contribution is 9.10. The number of hydrazone groups is 1. The Bertz CT molecular complexity index is 923. The summed E-state index contributed by atoms with van der Waals surface area (Å²) in [5.74, 6) is 1.36. The normalized spacial score (nSPS) is 11.3. The van der Waals surface area contributed by atoms with Crippen LogP contribution in [-0.4, -0.2) is 24.9 Å². The molecule has 26 heavy (non-hydrogen) atoms. The molecule has 0 radical (unpaired) electrons. The molecule has 0 amide bonds. The van der Waals surface area contributed by atoms with Gasteiger partial charge in [-0.25, -0.2) is 4.98 Å². The monoisotopic (exact) mass is 431 g/mol. The Hall–Kier alpha value is -2.38. The van der Waals surface area contributed by atoms with Crippen molar-refractivity contribution in [3.63, 3.8) is 0 Å². The first-order chi connectivity index (χ1) is 12.6. The SMILES string of the molecule is COc1ccc(C(C)=NNc2nc(-c3ccc(Br)cc3)cs2)cc1OC. The fraction of sp³-hybridized carbons (Fsp3) is 0.158. The maximum Gasteiger partial charge on any atom is 0.203 e. The molecule has 2 aromatic carbocycles. The van der Waals surface area contributed by atoms with Crippen LogP contribution in [0.15, 0.2) is 57.4 Å². The van der Waals surface area contributed by atoms with E-state index in [-0.39, 0.29) is 0 Å². The van der Waals surface area contributed by atoms with Crippen LogP contribution in [0.3, 0.4) is 0 Å². The predicted molar refractivity (Wildman–Crippen MR) is 111 cm³/mol. The first-order valence-corrected chi connectivity index (χ1v) is 9.52. The molecular formula is C19H18BrN3O2S. The van der Waals surface area contributed by atoms with Crippen molar-refractivity contribution >= 4 is 38.1 Å². The lowest BCUT2D eigenvalue weighted by Gasteiger charge is -2.09. The summed E-state index contributed by atoms with van der Waals surface area (Å²) >= 11 is 4.95. The van der Waals surface area contributed by atoms with Crippen LogP contribution in [0.1, 0.15) is 12.5 Å². The molecular weight excluding hydrogens is 414 g/mol. The minimum atomic E-state index is 0.673. The summed E-state index contributed by atoms with van der Waals surface area (Å²) in [6, 6.07) is 13.8. The topological polar surface area (TPSA) is 55.7 Å². The van der Waals surface area contributed by atoms with Crippen molar-refractivity contribution in [2.75, 3.05) is 19.6 Å². The Balaban J connectivity index is 1.74. The van der Waals surface area contributed by atoms with Crippen LogP contribution in [0, 0.1) is 0 Å². The van der Waals surface area contributed by atoms with E-state index in [0.29, 0.717) is 11.5 Å². The van der Waals surface area contributed by atoms with Gasteiger partial charge in [-0.3, -0.25) is 5.43 Å². The first kappa shape index (κ1) is 18.4. The summed E-state index contributed by atoms with van der Waals surface area (Å²) in [5, 5.41) is 7.17. The lowest BCUT2D eigenvalue weighted by atomic mass is 10.1. The number of nitrogens with one attached hydrogen (secondary N) is 1. The maximum absolute atomic E-state index is 5.34. The van der Waals surface area contributed by atoms with Gasteiger partial charge in [0, 0.05) is 21.0 Å². The Kier molecular flexibility index (Phi) is 5.90. The van der Waals surface area contributed by atoms with E-state index in [0.717, 1.165) is 32.1 Å². The minimum absolute atomic E-state index is 0.673. The summed E-state index contributed by atoms with van der Waals surface area (Å²) in [6.45, 7) is 1.93. The third kappa shape index (κ3) is 4.23. The Morgan fingerprint density at radius 2 is 1.81 bits per heavy atom. The molecule has 7 heteroatoms. The van der Waals surface area contributed by atoms with Crippen LogP contribution >= 0.6 is 27.3 Å². The van der Waals surface area contributed by atoms with Crippen LogP contribution in [0.25, 0.3) is 11.3 Å². The number of benzene rings is 2. The molecule has 0 saturated heterocycles. The van der Waals surface area contributed by atoms with Crippen molar-refractivity contribution in [1.82, 2.24) is 4.98 Å². The van der Waals surface area contributed by atoms with Gasteiger partial charge in [0.1, 0.15) is 0 Å². The highest BCUT2D eigenvalue weighted by Gasteiger charge is 2.07. The van der Waals surface area contributed by atoms with Crippen molar-refractivity contribution in [3.8, 4) is 22.8 Å². The first-order valence-electron chi connectivity index (χ1n) is 7.85. The molecule has 0 saturated carbocycles. The number of halogens is 1. The highest BCUT2D eigenvalue weighted by atomic mass is 79.9. The molecule has 1 aromatic heterocycles. The quantitative estimate of drug-likeness (QED) is 0.417. The average molecular weight is 432 g/mol. The Morgan fingerprint density at radius 1 is 1.08 bits per heavy atom. The standard InChI is InChI=1S/C19H18BrN3O2S/c1-12(14-6-9-17(24-2)18(10-14)25-3)22-23-19-21-16(11-26-19)13-4-7-15(20)8-5-13/h4-11H,1-3H3,(H,21,23). The smallest absolute Gasteiger partial charge is 0.203 e. The van der Waals surface area contributed by atoms with Gasteiger partial charge in [-0.1, -0.05) is 28.1 Å². The van der Waals surface area contributed by atoms with Crippen LogP contribution < -0.4 is 14.9 Å². The summed E-state index contributed by atoms with van der Waals surface area (Å²) in [5.41, 5.74) is 6.78. The molecule has 1 N–H and O–H groups in total. The molecule has 0 fully saturated rings. The zero-order chi connectivity index (χ0) is 18.5. The number of ether oxygens (including phenoxy) is 2. The van der Waals surface area contributed by atoms with Gasteiger partial charge in [-0.2, -0.15) is 5.10 Å². The number of hydrogen-bond donors (Lipinski definition) is 1. The van der Waals surface area contributed by atoms with Crippen LogP contribution in [-0.2, 0) is 0 Å². The largest absolute Gasteiger partial charge is 0.493 e. The van der Waals surface area contributed by atoms with Crippen molar-refractivity contribution in [1.29, 1.82) is 0 Å². The van der Waals surface area contributed by atoms with E-state index in [9.17, 15) is 0 Å². The molecule has 0 aliphatic heterocycles. The molecule has 0 unspecified atom stereocenters. The Morgan fingerprint density at radius 3 is 2.50 bits per heavy atom. The number of methoxy groups -OCH3 is 2. The fourth-order valence-corrected chi connectivity index (χ4v) is 3.26. The number of rotatable bonds is 6. The third-order valence-electron chi connectivity index (χ3n) is 3.76. The highest BCUT2D eigenvalue weighted by Crippen LogP contribution is 2.28. The van der Waals surface area contributed by atoms with Gasteiger partial charge >= 0.3 is 0 Å². The van der Waals surface area contributed by atoms with Gasteiger partial charge in [0.15, 0.2) is 11.5 Å². The van der Waals surface area contributed by atoms with E-state index < -0.39 is 0 Å². The number of nitrogens with zero attached hydrogens (tertiary/aromatic N) is 2. The number of aromatic nitrogens is 1. The molecule has 0 aliphatic carbocycles. The molecule has 5 nitrogen and oxygen atoms in total. The van der Waals surface area contributed by atoms with E-state index >= 15 is 0 Å². The van der Waals surface area contributed by atoms with Crippen molar-refractivity contribution in [2.24, 2.45) is 5.10 Å². The van der Waals surface area contributed by atoms with Gasteiger partial charge in [0.05, 0.1) is 25.6 Å². The summed E-state index contributed by atoms with van der Waals surface area (Å²) in [4.78, 5) is 4.58. The zero-order valence-corrected chi connectivity index (χ0v) is 17.0. The second kappa shape index (κ2) is 8.33. The third-order valence-corrected chi connectivity index (χ3v) is 5.04. The van der Waals surface area contributed by atoms with Crippen LogP contribution in [0.2, 0.25) is 0 Å². The maximum atomic E-state index is 5.34. The van der Waals surface area contributed by atoms with Crippen molar-refractivity contribution in [3.05, 3.63) is 57.9 Å². The Labute approximate surface area is 164 Å². The average Bonchev–Trinajstić information content (AvgIpc) is 3.15. The molecule has 0 bridgehead atoms. The predicted octanol–water partition coefficient (Wildman–Crippen LogP) is 5.43. The van der Waals surface area contributed by atoms with Crippen LogP contribution in [0.4, 0.5) is 5.13 Å². The van der Waals surface area contributed by atoms with Crippen molar-refractivity contribution in [2.45, 2.75) is 6.92 Å². The van der Waals surface area contributed by atoms with Gasteiger partial charge in [-0.05, 0) is 37.3 Å². The van der Waals surface area contributed by atoms with Gasteiger partial charge in [0.2, 0.25) is 5.13 Å². The van der Waals surface area contributed by atoms with Crippen LogP contribution in [0.5, 0.6) is 11.5 Å². The van der Waals surface area contributed by atoms with E-state index in [1.807, 2.05) is 54.8 Å². The summed E-state index contributed by atoms with van der Waals surface area (Å²) in [7, 11) is 3.23. The van der Waals surface area contributed by atoms with Gasteiger partial charge in [0.25, 0.3) is 0 Å². The summed E-state index contributed by atoms with van der Waals surface area (Å²) in [6.07, 6.45) is 0. The number of anilines is 1. The molecule has 3 aromatic rings. The van der Waals surface area contributed by atoms with Crippen molar-refractivity contribution < 1.29 is 9.47 Å². The van der Waals surface area contributed by atoms with E-state index in [1.165, 1.54) is 11.3 Å². The minimum Gasteiger partial charge on any atom is -0.493 e. The molecule has 1 heterocycles.